The Kier molecular flexibility index (Phi) is 4.53. The Morgan fingerprint density at radius 2 is 2.08 bits per heavy atom. The van der Waals surface area contributed by atoms with E-state index in [1.165, 1.54) is 0 Å². The Morgan fingerprint density at radius 1 is 1.27 bits per heavy atom. The van der Waals surface area contributed by atoms with Crippen LogP contribution in [0.3, 0.4) is 0 Å². The van der Waals surface area contributed by atoms with E-state index < -0.39 is 6.17 Å². The van der Waals surface area contributed by atoms with Gasteiger partial charge in [-0.2, -0.15) is 0 Å². The summed E-state index contributed by atoms with van der Waals surface area (Å²) in [7, 11) is 0. The van der Waals surface area contributed by atoms with Crippen LogP contribution in [0.1, 0.15) is 23.3 Å². The van der Waals surface area contributed by atoms with Gasteiger partial charge in [-0.05, 0) is 25.0 Å². The summed E-state index contributed by atoms with van der Waals surface area (Å²) in [4.78, 5) is 17.5. The number of anilines is 1. The lowest BCUT2D eigenvalue weighted by Crippen LogP contribution is -2.33. The van der Waals surface area contributed by atoms with E-state index in [0.717, 1.165) is 40.3 Å². The van der Waals surface area contributed by atoms with Gasteiger partial charge in [-0.15, -0.1) is 17.8 Å². The zero-order valence-corrected chi connectivity index (χ0v) is 15.0. The van der Waals surface area contributed by atoms with Crippen LogP contribution in [-0.2, 0) is 6.54 Å². The fourth-order valence-electron chi connectivity index (χ4n) is 3.12. The van der Waals surface area contributed by atoms with Crippen molar-refractivity contribution in [3.8, 4) is 23.7 Å². The van der Waals surface area contributed by atoms with E-state index in [4.69, 9.17) is 12.2 Å². The van der Waals surface area contributed by atoms with Gasteiger partial charge in [0, 0.05) is 48.0 Å². The molecule has 0 saturated carbocycles. The normalized spacial score (nSPS) is 16.0. The average molecular weight is 367 g/mol. The van der Waals surface area contributed by atoms with Crippen LogP contribution in [0.15, 0.2) is 24.5 Å². The zero-order valence-electron chi connectivity index (χ0n) is 14.2. The van der Waals surface area contributed by atoms with E-state index in [9.17, 15) is 4.39 Å². The molecular formula is C19H18FN5S. The molecule has 0 radical (unpaired) electrons. The van der Waals surface area contributed by atoms with Crippen LogP contribution in [0.25, 0.3) is 21.6 Å². The zero-order chi connectivity index (χ0) is 18.1. The standard InChI is InChI=1S/C19H18FN5S/c1-2-12-7-13(10-22-9-12)18-23-17(21)16-8-15(26-19(16)24-18)11-25-5-3-14(20)4-6-25/h1,7-10,14H,3-6,11H2,(H2,21,23,24). The third kappa shape index (κ3) is 3.39. The molecule has 0 aliphatic carbocycles. The van der Waals surface area contributed by atoms with Gasteiger partial charge < -0.3 is 5.73 Å². The van der Waals surface area contributed by atoms with Gasteiger partial charge in [0.2, 0.25) is 0 Å². The van der Waals surface area contributed by atoms with Crippen LogP contribution < -0.4 is 5.73 Å². The van der Waals surface area contributed by atoms with Gasteiger partial charge in [-0.3, -0.25) is 9.88 Å². The Balaban J connectivity index is 1.64. The fraction of sp³-hybridized carbons (Fsp3) is 0.316. The number of alkyl halides is 1. The number of aromatic nitrogens is 3. The van der Waals surface area contributed by atoms with Crippen molar-refractivity contribution < 1.29 is 4.39 Å². The highest BCUT2D eigenvalue weighted by Gasteiger charge is 2.19. The maximum absolute atomic E-state index is 13.3. The largest absolute Gasteiger partial charge is 0.383 e. The number of fused-ring (bicyclic) bond motifs is 1. The molecule has 4 rings (SSSR count). The van der Waals surface area contributed by atoms with E-state index >= 15 is 0 Å². The summed E-state index contributed by atoms with van der Waals surface area (Å²) in [5.41, 5.74) is 7.58. The van der Waals surface area contributed by atoms with Crippen molar-refractivity contribution in [1.82, 2.24) is 19.9 Å². The smallest absolute Gasteiger partial charge is 0.164 e. The molecule has 3 aromatic rings. The number of likely N-dealkylation sites (tertiary alicyclic amines) is 1. The number of hydrogen-bond acceptors (Lipinski definition) is 6. The van der Waals surface area contributed by atoms with Gasteiger partial charge in [-0.25, -0.2) is 14.4 Å². The molecule has 1 fully saturated rings. The van der Waals surface area contributed by atoms with E-state index in [1.54, 1.807) is 23.7 Å². The summed E-state index contributed by atoms with van der Waals surface area (Å²) in [5.74, 6) is 3.53. The number of rotatable bonds is 3. The number of hydrogen-bond donors (Lipinski definition) is 1. The van der Waals surface area contributed by atoms with Crippen LogP contribution in [0, 0.1) is 12.3 Å². The van der Waals surface area contributed by atoms with Gasteiger partial charge in [0.25, 0.3) is 0 Å². The first kappa shape index (κ1) is 16.9. The summed E-state index contributed by atoms with van der Waals surface area (Å²) in [6.07, 6.45) is 9.29. The number of terminal acetylenes is 1. The summed E-state index contributed by atoms with van der Waals surface area (Å²) in [6.45, 7) is 2.36. The number of nitrogens with two attached hydrogens (primary N) is 1. The third-order valence-electron chi connectivity index (χ3n) is 4.53. The monoisotopic (exact) mass is 367 g/mol. The van der Waals surface area contributed by atoms with Crippen LogP contribution >= 0.6 is 11.3 Å². The van der Waals surface area contributed by atoms with Gasteiger partial charge in [0.05, 0.1) is 5.39 Å². The van der Waals surface area contributed by atoms with Crippen molar-refractivity contribution in [1.29, 1.82) is 0 Å². The molecule has 5 nitrogen and oxygen atoms in total. The fourth-order valence-corrected chi connectivity index (χ4v) is 4.20. The van der Waals surface area contributed by atoms with E-state index in [-0.39, 0.29) is 0 Å². The number of pyridine rings is 1. The molecule has 0 atom stereocenters. The minimum atomic E-state index is -0.662. The first-order valence-corrected chi connectivity index (χ1v) is 9.28. The summed E-state index contributed by atoms with van der Waals surface area (Å²) < 4.78 is 13.3. The van der Waals surface area contributed by atoms with Crippen molar-refractivity contribution >= 4 is 27.4 Å². The van der Waals surface area contributed by atoms with Gasteiger partial charge in [0.1, 0.15) is 16.8 Å². The Bertz CT molecular complexity index is 985. The van der Waals surface area contributed by atoms with Crippen molar-refractivity contribution in [2.75, 3.05) is 18.8 Å². The SMILES string of the molecule is C#Cc1cncc(-c2nc(N)c3cc(CN4CCC(F)CC4)sc3n2)c1. The Hall–Kier alpha value is -2.56. The molecule has 1 aliphatic heterocycles. The molecule has 7 heteroatoms. The molecule has 1 aliphatic rings. The molecule has 132 valence electrons. The second-order valence-electron chi connectivity index (χ2n) is 6.42. The van der Waals surface area contributed by atoms with Crippen LogP contribution in [0.5, 0.6) is 0 Å². The lowest BCUT2D eigenvalue weighted by molar-refractivity contribution is 0.146. The first-order valence-electron chi connectivity index (χ1n) is 8.47. The summed E-state index contributed by atoms with van der Waals surface area (Å²) in [5, 5.41) is 0.857. The molecule has 2 N–H and O–H groups in total. The second kappa shape index (κ2) is 6.98. The molecule has 0 spiro atoms. The minimum Gasteiger partial charge on any atom is -0.383 e. The number of halogens is 1. The van der Waals surface area contributed by atoms with Crippen LogP contribution in [0.2, 0.25) is 0 Å². The highest BCUT2D eigenvalue weighted by Crippen LogP contribution is 2.31. The van der Waals surface area contributed by atoms with E-state index in [0.29, 0.717) is 30.0 Å². The van der Waals surface area contributed by atoms with E-state index in [1.807, 2.05) is 12.1 Å². The maximum Gasteiger partial charge on any atom is 0.164 e. The summed E-state index contributed by atoms with van der Waals surface area (Å²) >= 11 is 1.60. The van der Waals surface area contributed by atoms with Crippen molar-refractivity contribution in [2.24, 2.45) is 0 Å². The molecule has 1 saturated heterocycles. The van der Waals surface area contributed by atoms with Gasteiger partial charge in [0.15, 0.2) is 5.82 Å². The van der Waals surface area contributed by atoms with Crippen molar-refractivity contribution in [2.45, 2.75) is 25.6 Å². The second-order valence-corrected chi connectivity index (χ2v) is 7.54. The maximum atomic E-state index is 13.3. The Labute approximate surface area is 155 Å². The molecule has 0 aromatic carbocycles. The molecule has 4 heterocycles. The highest BCUT2D eigenvalue weighted by atomic mass is 32.1. The number of nitrogens with zero attached hydrogens (tertiary/aromatic N) is 4. The summed E-state index contributed by atoms with van der Waals surface area (Å²) in [6, 6.07) is 3.86. The molecule has 0 bridgehead atoms. The molecular weight excluding hydrogens is 349 g/mol. The number of nitrogen functional groups attached to an aromatic ring is 1. The molecule has 0 amide bonds. The van der Waals surface area contributed by atoms with Gasteiger partial charge >= 0.3 is 0 Å². The van der Waals surface area contributed by atoms with Crippen LogP contribution in [-0.4, -0.2) is 39.1 Å². The molecule has 3 aromatic heterocycles. The lowest BCUT2D eigenvalue weighted by atomic mass is 10.1. The Morgan fingerprint density at radius 3 is 2.85 bits per heavy atom. The molecule has 26 heavy (non-hydrogen) atoms. The predicted octanol–water partition coefficient (Wildman–Crippen LogP) is 3.25. The number of piperidine rings is 1. The van der Waals surface area contributed by atoms with Crippen molar-refractivity contribution in [3.05, 3.63) is 35.0 Å². The van der Waals surface area contributed by atoms with E-state index in [2.05, 4.69) is 25.8 Å². The van der Waals surface area contributed by atoms with Gasteiger partial charge in [-0.1, -0.05) is 5.92 Å². The first-order chi connectivity index (χ1) is 12.6. The average Bonchev–Trinajstić information content (AvgIpc) is 3.07. The lowest BCUT2D eigenvalue weighted by Gasteiger charge is -2.27. The molecule has 0 unspecified atom stereocenters. The number of thiophene rings is 1. The van der Waals surface area contributed by atoms with Crippen LogP contribution in [0.4, 0.5) is 10.2 Å². The highest BCUT2D eigenvalue weighted by molar-refractivity contribution is 7.18. The predicted molar refractivity (Wildman–Crippen MR) is 102 cm³/mol. The topological polar surface area (TPSA) is 67.9 Å². The third-order valence-corrected chi connectivity index (χ3v) is 5.55. The van der Waals surface area contributed by atoms with Crippen molar-refractivity contribution in [3.63, 3.8) is 0 Å². The quantitative estimate of drug-likeness (QED) is 0.720. The minimum absolute atomic E-state index is 0.445.